The fourth-order valence-corrected chi connectivity index (χ4v) is 3.70. The van der Waals surface area contributed by atoms with Crippen molar-refractivity contribution in [1.29, 1.82) is 0 Å². The van der Waals surface area contributed by atoms with E-state index in [9.17, 15) is 10.2 Å². The summed E-state index contributed by atoms with van der Waals surface area (Å²) in [5.74, 6) is 1.26. The average molecular weight is 392 g/mol. The molecule has 0 aliphatic rings. The van der Waals surface area contributed by atoms with E-state index in [4.69, 9.17) is 0 Å². The van der Waals surface area contributed by atoms with Gasteiger partial charge in [0.25, 0.3) is 0 Å². The first-order valence-corrected chi connectivity index (χ1v) is 10.1. The van der Waals surface area contributed by atoms with Gasteiger partial charge in [0.05, 0.1) is 11.1 Å². The van der Waals surface area contributed by atoms with Crippen molar-refractivity contribution >= 4 is 5.57 Å². The van der Waals surface area contributed by atoms with Crippen molar-refractivity contribution < 1.29 is 10.2 Å². The molecule has 0 aliphatic carbocycles. The molecule has 0 radical (unpaired) electrons. The first-order chi connectivity index (χ1) is 13.8. The molecule has 152 valence electrons. The molecular formula is C24H29N3O2. The van der Waals surface area contributed by atoms with E-state index < -0.39 is 0 Å². The highest BCUT2D eigenvalue weighted by molar-refractivity contribution is 5.91. The van der Waals surface area contributed by atoms with Gasteiger partial charge in [-0.15, -0.1) is 10.2 Å². The van der Waals surface area contributed by atoms with Crippen LogP contribution in [0.2, 0.25) is 0 Å². The molecule has 0 amide bonds. The lowest BCUT2D eigenvalue weighted by molar-refractivity contribution is 0.453. The Kier molecular flexibility index (Phi) is 6.06. The van der Waals surface area contributed by atoms with Crippen LogP contribution in [0.5, 0.6) is 11.5 Å². The molecule has 0 aliphatic heterocycles. The molecular weight excluding hydrogens is 362 g/mol. The van der Waals surface area contributed by atoms with E-state index in [2.05, 4.69) is 28.7 Å². The minimum absolute atomic E-state index is 0.0146. The molecule has 0 fully saturated rings. The van der Waals surface area contributed by atoms with Crippen LogP contribution in [0.3, 0.4) is 0 Å². The Morgan fingerprint density at radius 3 is 2.45 bits per heavy atom. The largest absolute Gasteiger partial charge is 0.507 e. The van der Waals surface area contributed by atoms with Gasteiger partial charge in [0.1, 0.15) is 17.3 Å². The van der Waals surface area contributed by atoms with Gasteiger partial charge in [0, 0.05) is 0 Å². The van der Waals surface area contributed by atoms with Crippen LogP contribution in [0.4, 0.5) is 0 Å². The van der Waals surface area contributed by atoms with Gasteiger partial charge in [-0.25, -0.2) is 0 Å². The predicted octanol–water partition coefficient (Wildman–Crippen LogP) is 5.93. The number of hydrogen-bond donors (Lipinski definition) is 3. The molecule has 29 heavy (non-hydrogen) atoms. The Bertz CT molecular complexity index is 1050. The Morgan fingerprint density at radius 1 is 1.07 bits per heavy atom. The predicted molar refractivity (Wildman–Crippen MR) is 118 cm³/mol. The molecule has 3 aromatic rings. The van der Waals surface area contributed by atoms with Crippen molar-refractivity contribution in [2.24, 2.45) is 0 Å². The number of aromatic hydroxyl groups is 2. The van der Waals surface area contributed by atoms with Crippen LogP contribution in [0.15, 0.2) is 30.8 Å². The number of rotatable bonds is 7. The van der Waals surface area contributed by atoms with E-state index in [1.807, 2.05) is 39.0 Å². The van der Waals surface area contributed by atoms with Gasteiger partial charge in [-0.05, 0) is 56.4 Å². The number of aromatic nitrogens is 3. The topological polar surface area (TPSA) is 82.0 Å². The number of aryl methyl sites for hydroxylation is 3. The number of H-pyrrole nitrogens is 1. The number of allylic oxidation sites excluding steroid dienone is 1. The summed E-state index contributed by atoms with van der Waals surface area (Å²) in [4.78, 5) is 3.13. The number of aromatic amines is 1. The summed E-state index contributed by atoms with van der Waals surface area (Å²) in [6, 6.07) is 7.69. The standard InChI is InChI=1S/C24H29N3O2/c1-6-7-8-9-17-13-20(28)22(19-12-15(4)10-11-18(19)14(2)3)23(29)21(17)24-25-16(5)26-27-24/h10-13,28-29H,2,6-9H2,1,3-5H3,(H,25,26,27). The van der Waals surface area contributed by atoms with Gasteiger partial charge in [0.2, 0.25) is 0 Å². The molecule has 2 aromatic carbocycles. The minimum Gasteiger partial charge on any atom is -0.507 e. The van der Waals surface area contributed by atoms with Gasteiger partial charge in [-0.2, -0.15) is 0 Å². The SMILES string of the molecule is C=C(C)c1ccc(C)cc1-c1c(O)cc(CCCCC)c(-c2nnc(C)[nH]2)c1O. The van der Waals surface area contributed by atoms with Gasteiger partial charge in [-0.3, -0.25) is 0 Å². The second-order valence-electron chi connectivity index (χ2n) is 7.70. The van der Waals surface area contributed by atoms with Gasteiger partial charge in [0.15, 0.2) is 5.82 Å². The Morgan fingerprint density at radius 2 is 1.83 bits per heavy atom. The summed E-state index contributed by atoms with van der Waals surface area (Å²) < 4.78 is 0. The van der Waals surface area contributed by atoms with Gasteiger partial charge in [-0.1, -0.05) is 55.7 Å². The van der Waals surface area contributed by atoms with E-state index in [1.54, 1.807) is 6.07 Å². The lowest BCUT2D eigenvalue weighted by atomic mass is 9.89. The highest BCUT2D eigenvalue weighted by Gasteiger charge is 2.23. The summed E-state index contributed by atoms with van der Waals surface area (Å²) in [5, 5.41) is 30.5. The molecule has 0 saturated carbocycles. The molecule has 0 saturated heterocycles. The van der Waals surface area contributed by atoms with Crippen molar-refractivity contribution in [3.63, 3.8) is 0 Å². The molecule has 5 nitrogen and oxygen atoms in total. The van der Waals surface area contributed by atoms with E-state index in [0.29, 0.717) is 22.8 Å². The maximum absolute atomic E-state index is 11.3. The van der Waals surface area contributed by atoms with Crippen LogP contribution in [-0.2, 0) is 6.42 Å². The zero-order valence-electron chi connectivity index (χ0n) is 17.6. The second-order valence-corrected chi connectivity index (χ2v) is 7.70. The molecule has 5 heteroatoms. The smallest absolute Gasteiger partial charge is 0.165 e. The molecule has 0 atom stereocenters. The lowest BCUT2D eigenvalue weighted by Gasteiger charge is -2.18. The Hall–Kier alpha value is -3.08. The number of unbranched alkanes of at least 4 members (excludes halogenated alkanes) is 2. The third kappa shape index (κ3) is 4.19. The van der Waals surface area contributed by atoms with E-state index in [0.717, 1.165) is 53.5 Å². The zero-order valence-corrected chi connectivity index (χ0v) is 17.6. The number of phenolic OH excluding ortho intramolecular Hbond substituents is 2. The van der Waals surface area contributed by atoms with Gasteiger partial charge < -0.3 is 15.2 Å². The lowest BCUT2D eigenvalue weighted by Crippen LogP contribution is -1.97. The summed E-state index contributed by atoms with van der Waals surface area (Å²) in [5.41, 5.74) is 5.40. The molecule has 0 bridgehead atoms. The van der Waals surface area contributed by atoms with E-state index in [1.165, 1.54) is 0 Å². The van der Waals surface area contributed by atoms with Crippen LogP contribution in [0.1, 0.15) is 55.6 Å². The number of hydrogen-bond acceptors (Lipinski definition) is 4. The van der Waals surface area contributed by atoms with Crippen LogP contribution in [0.25, 0.3) is 28.1 Å². The first kappa shape index (κ1) is 20.6. The van der Waals surface area contributed by atoms with Crippen LogP contribution in [-0.4, -0.2) is 25.4 Å². The summed E-state index contributed by atoms with van der Waals surface area (Å²) >= 11 is 0. The van der Waals surface area contributed by atoms with Gasteiger partial charge >= 0.3 is 0 Å². The maximum atomic E-state index is 11.3. The van der Waals surface area contributed by atoms with E-state index >= 15 is 0 Å². The molecule has 3 rings (SSSR count). The summed E-state index contributed by atoms with van der Waals surface area (Å²) in [6.45, 7) is 11.9. The van der Waals surface area contributed by atoms with Crippen LogP contribution >= 0.6 is 0 Å². The number of nitrogens with zero attached hydrogens (tertiary/aromatic N) is 2. The maximum Gasteiger partial charge on any atom is 0.165 e. The number of nitrogens with one attached hydrogen (secondary N) is 1. The molecule has 0 unspecified atom stereocenters. The van der Waals surface area contributed by atoms with E-state index in [-0.39, 0.29) is 11.5 Å². The highest BCUT2D eigenvalue weighted by atomic mass is 16.3. The normalized spacial score (nSPS) is 11.0. The van der Waals surface area contributed by atoms with Crippen molar-refractivity contribution in [3.8, 4) is 34.0 Å². The highest BCUT2D eigenvalue weighted by Crippen LogP contribution is 2.47. The third-order valence-electron chi connectivity index (χ3n) is 5.15. The Labute approximate surface area is 172 Å². The van der Waals surface area contributed by atoms with Crippen molar-refractivity contribution in [3.05, 3.63) is 53.4 Å². The fourth-order valence-electron chi connectivity index (χ4n) is 3.70. The number of benzene rings is 2. The minimum atomic E-state index is 0.0146. The molecule has 1 aromatic heterocycles. The zero-order chi connectivity index (χ0) is 21.1. The third-order valence-corrected chi connectivity index (χ3v) is 5.15. The molecule has 0 spiro atoms. The summed E-state index contributed by atoms with van der Waals surface area (Å²) in [7, 11) is 0. The fraction of sp³-hybridized carbons (Fsp3) is 0.333. The van der Waals surface area contributed by atoms with Crippen LogP contribution in [0, 0.1) is 13.8 Å². The molecule has 1 heterocycles. The quantitative estimate of drug-likeness (QED) is 0.436. The van der Waals surface area contributed by atoms with Crippen molar-refractivity contribution in [2.75, 3.05) is 0 Å². The molecule has 3 N–H and O–H groups in total. The van der Waals surface area contributed by atoms with Crippen LogP contribution < -0.4 is 0 Å². The summed E-state index contributed by atoms with van der Waals surface area (Å²) in [6.07, 6.45) is 3.88. The number of phenols is 2. The monoisotopic (exact) mass is 391 g/mol. The Balaban J connectivity index is 2.28. The first-order valence-electron chi connectivity index (χ1n) is 10.1. The van der Waals surface area contributed by atoms with Crippen molar-refractivity contribution in [2.45, 2.75) is 53.4 Å². The second kappa shape index (κ2) is 8.52. The van der Waals surface area contributed by atoms with Crippen molar-refractivity contribution in [1.82, 2.24) is 15.2 Å². The average Bonchev–Trinajstić information content (AvgIpc) is 3.07.